The van der Waals surface area contributed by atoms with Crippen LogP contribution < -0.4 is 4.74 Å². The number of hydrogen-bond acceptors (Lipinski definition) is 5. The molecule has 1 aromatic heterocycles. The minimum absolute atomic E-state index is 0.191. The number of nitrogens with zero attached hydrogens (tertiary/aromatic N) is 3. The van der Waals surface area contributed by atoms with E-state index in [0.717, 1.165) is 61.0 Å². The van der Waals surface area contributed by atoms with Gasteiger partial charge in [-0.3, -0.25) is 9.69 Å². The van der Waals surface area contributed by atoms with Crippen molar-refractivity contribution in [3.05, 3.63) is 45.9 Å². The summed E-state index contributed by atoms with van der Waals surface area (Å²) < 4.78 is 5.30. The van der Waals surface area contributed by atoms with E-state index in [2.05, 4.69) is 21.3 Å². The number of ether oxygens (including phenoxy) is 1. The lowest BCUT2D eigenvalue weighted by Gasteiger charge is -2.23. The number of methoxy groups -OCH3 is 1. The molecular weight excluding hydrogens is 346 g/mol. The number of likely N-dealkylation sites (tertiary alicyclic amines) is 2. The van der Waals surface area contributed by atoms with Crippen LogP contribution in [0.2, 0.25) is 0 Å². The molecule has 138 valence electrons. The SMILES string of the molecule is COc1cccc(CN2CC[C@@]3(CCN(Cc4csc(C)n4)C3)C2=O)c1. The Morgan fingerprint density at radius 1 is 1.27 bits per heavy atom. The first-order chi connectivity index (χ1) is 12.6. The summed E-state index contributed by atoms with van der Waals surface area (Å²) in [5, 5.41) is 3.24. The predicted octanol–water partition coefficient (Wildman–Crippen LogP) is 3.08. The lowest BCUT2D eigenvalue weighted by molar-refractivity contribution is -0.136. The van der Waals surface area contributed by atoms with Crippen LogP contribution in [0.3, 0.4) is 0 Å². The molecule has 1 amide bonds. The minimum atomic E-state index is -0.191. The van der Waals surface area contributed by atoms with Crippen LogP contribution in [0.1, 0.15) is 29.1 Å². The van der Waals surface area contributed by atoms with Crippen molar-refractivity contribution in [3.8, 4) is 5.75 Å². The molecule has 0 bridgehead atoms. The summed E-state index contributed by atoms with van der Waals surface area (Å²) in [6.45, 7) is 6.25. The van der Waals surface area contributed by atoms with Gasteiger partial charge in [-0.2, -0.15) is 0 Å². The van der Waals surface area contributed by atoms with Gasteiger partial charge in [-0.25, -0.2) is 4.98 Å². The number of thiazole rings is 1. The Labute approximate surface area is 158 Å². The summed E-state index contributed by atoms with van der Waals surface area (Å²) in [7, 11) is 1.67. The van der Waals surface area contributed by atoms with Gasteiger partial charge in [0.1, 0.15) is 5.75 Å². The standard InChI is InChI=1S/C20H25N3O2S/c1-15-21-17(13-26-15)12-22-8-6-20(14-22)7-9-23(19(20)24)11-16-4-3-5-18(10-16)25-2/h3-5,10,13H,6-9,11-12,14H2,1-2H3/t20-/m1/s1. The highest BCUT2D eigenvalue weighted by molar-refractivity contribution is 7.09. The van der Waals surface area contributed by atoms with Crippen molar-refractivity contribution in [1.82, 2.24) is 14.8 Å². The molecule has 0 radical (unpaired) electrons. The van der Waals surface area contributed by atoms with Crippen LogP contribution in [0.15, 0.2) is 29.6 Å². The van der Waals surface area contributed by atoms with Gasteiger partial charge in [-0.1, -0.05) is 12.1 Å². The Balaban J connectivity index is 1.40. The summed E-state index contributed by atoms with van der Waals surface area (Å²) in [4.78, 5) is 22.1. The zero-order valence-electron chi connectivity index (χ0n) is 15.4. The third-order valence-corrected chi connectivity index (χ3v) is 6.42. The summed E-state index contributed by atoms with van der Waals surface area (Å²) in [6, 6.07) is 8.00. The van der Waals surface area contributed by atoms with Crippen LogP contribution >= 0.6 is 11.3 Å². The number of carbonyl (C=O) groups is 1. The third kappa shape index (κ3) is 3.35. The topological polar surface area (TPSA) is 45.7 Å². The first kappa shape index (κ1) is 17.5. The Morgan fingerprint density at radius 3 is 2.88 bits per heavy atom. The van der Waals surface area contributed by atoms with Gasteiger partial charge in [0.15, 0.2) is 0 Å². The third-order valence-electron chi connectivity index (χ3n) is 5.59. The Bertz CT molecular complexity index is 806. The van der Waals surface area contributed by atoms with E-state index in [0.29, 0.717) is 12.5 Å². The van der Waals surface area contributed by atoms with Crippen LogP contribution in [0, 0.1) is 12.3 Å². The molecule has 2 aromatic rings. The second kappa shape index (κ2) is 7.00. The van der Waals surface area contributed by atoms with Crippen LogP contribution in [-0.2, 0) is 17.9 Å². The van der Waals surface area contributed by atoms with Gasteiger partial charge < -0.3 is 9.64 Å². The predicted molar refractivity (Wildman–Crippen MR) is 102 cm³/mol. The van der Waals surface area contributed by atoms with Gasteiger partial charge in [0, 0.05) is 31.6 Å². The molecule has 2 aliphatic heterocycles. The molecule has 1 spiro atoms. The quantitative estimate of drug-likeness (QED) is 0.810. The molecule has 4 rings (SSSR count). The molecule has 0 N–H and O–H groups in total. The highest BCUT2D eigenvalue weighted by atomic mass is 32.1. The molecule has 1 aromatic carbocycles. The van der Waals surface area contributed by atoms with Gasteiger partial charge in [0.2, 0.25) is 5.91 Å². The van der Waals surface area contributed by atoms with Crippen molar-refractivity contribution in [1.29, 1.82) is 0 Å². The number of aryl methyl sites for hydroxylation is 1. The summed E-state index contributed by atoms with van der Waals surface area (Å²) in [5.74, 6) is 1.16. The Kier molecular flexibility index (Phi) is 4.71. The van der Waals surface area contributed by atoms with Crippen molar-refractivity contribution in [3.63, 3.8) is 0 Å². The Morgan fingerprint density at radius 2 is 2.12 bits per heavy atom. The maximum Gasteiger partial charge on any atom is 0.230 e. The molecule has 2 saturated heterocycles. The lowest BCUT2D eigenvalue weighted by Crippen LogP contribution is -2.36. The second-order valence-corrected chi connectivity index (χ2v) is 8.49. The molecule has 2 fully saturated rings. The number of hydrogen-bond donors (Lipinski definition) is 0. The van der Waals surface area contributed by atoms with Crippen molar-refractivity contribution in [2.75, 3.05) is 26.7 Å². The van der Waals surface area contributed by atoms with E-state index in [4.69, 9.17) is 4.74 Å². The molecule has 3 heterocycles. The molecule has 1 atom stereocenters. The van der Waals surface area contributed by atoms with Crippen LogP contribution in [0.25, 0.3) is 0 Å². The van der Waals surface area contributed by atoms with E-state index >= 15 is 0 Å². The maximum atomic E-state index is 13.1. The number of aromatic nitrogens is 1. The molecular formula is C20H25N3O2S. The summed E-state index contributed by atoms with van der Waals surface area (Å²) in [6.07, 6.45) is 1.92. The van der Waals surface area contributed by atoms with Crippen molar-refractivity contribution in [2.24, 2.45) is 5.41 Å². The first-order valence-corrected chi connectivity index (χ1v) is 10.0. The highest BCUT2D eigenvalue weighted by Gasteiger charge is 2.50. The molecule has 0 saturated carbocycles. The van der Waals surface area contributed by atoms with Gasteiger partial charge in [0.25, 0.3) is 0 Å². The number of benzene rings is 1. The number of rotatable bonds is 5. The smallest absolute Gasteiger partial charge is 0.230 e. The lowest BCUT2D eigenvalue weighted by atomic mass is 9.85. The molecule has 6 heteroatoms. The monoisotopic (exact) mass is 371 g/mol. The fraction of sp³-hybridized carbons (Fsp3) is 0.500. The molecule has 5 nitrogen and oxygen atoms in total. The highest BCUT2D eigenvalue weighted by Crippen LogP contribution is 2.41. The molecule has 26 heavy (non-hydrogen) atoms. The Hall–Kier alpha value is -1.92. The zero-order valence-corrected chi connectivity index (χ0v) is 16.2. The second-order valence-electron chi connectivity index (χ2n) is 7.43. The van der Waals surface area contributed by atoms with Crippen molar-refractivity contribution < 1.29 is 9.53 Å². The van der Waals surface area contributed by atoms with E-state index in [1.807, 2.05) is 30.0 Å². The van der Waals surface area contributed by atoms with E-state index in [9.17, 15) is 4.79 Å². The normalized spacial score (nSPS) is 23.3. The molecule has 2 aliphatic rings. The maximum absolute atomic E-state index is 13.1. The first-order valence-electron chi connectivity index (χ1n) is 9.14. The summed E-state index contributed by atoms with van der Waals surface area (Å²) in [5.41, 5.74) is 2.06. The van der Waals surface area contributed by atoms with E-state index in [1.165, 1.54) is 0 Å². The molecule has 0 unspecified atom stereocenters. The average molecular weight is 372 g/mol. The van der Waals surface area contributed by atoms with Crippen LogP contribution in [-0.4, -0.2) is 47.4 Å². The fourth-order valence-electron chi connectivity index (χ4n) is 4.22. The van der Waals surface area contributed by atoms with Gasteiger partial charge >= 0.3 is 0 Å². The largest absolute Gasteiger partial charge is 0.497 e. The van der Waals surface area contributed by atoms with Crippen molar-refractivity contribution in [2.45, 2.75) is 32.9 Å². The van der Waals surface area contributed by atoms with E-state index in [-0.39, 0.29) is 5.41 Å². The van der Waals surface area contributed by atoms with Gasteiger partial charge in [0.05, 0.1) is 23.2 Å². The molecule has 0 aliphatic carbocycles. The average Bonchev–Trinajstić information content (AvgIpc) is 3.32. The van der Waals surface area contributed by atoms with Crippen molar-refractivity contribution >= 4 is 17.2 Å². The van der Waals surface area contributed by atoms with Crippen LogP contribution in [0.4, 0.5) is 0 Å². The van der Waals surface area contributed by atoms with Gasteiger partial charge in [-0.15, -0.1) is 11.3 Å². The number of amides is 1. The minimum Gasteiger partial charge on any atom is -0.497 e. The van der Waals surface area contributed by atoms with Crippen LogP contribution in [0.5, 0.6) is 5.75 Å². The number of carbonyl (C=O) groups excluding carboxylic acids is 1. The summed E-state index contributed by atoms with van der Waals surface area (Å²) >= 11 is 1.69. The van der Waals surface area contributed by atoms with E-state index < -0.39 is 0 Å². The zero-order chi connectivity index (χ0) is 18.1. The fourth-order valence-corrected chi connectivity index (χ4v) is 4.82. The van der Waals surface area contributed by atoms with Gasteiger partial charge in [-0.05, 0) is 44.0 Å². The van der Waals surface area contributed by atoms with E-state index in [1.54, 1.807) is 18.4 Å².